The summed E-state index contributed by atoms with van der Waals surface area (Å²) >= 11 is 0. The van der Waals surface area contributed by atoms with Gasteiger partial charge in [0.15, 0.2) is 0 Å². The van der Waals surface area contributed by atoms with Crippen LogP contribution in [0.2, 0.25) is 0 Å². The Morgan fingerprint density at radius 3 is 2.77 bits per heavy atom. The highest BCUT2D eigenvalue weighted by Crippen LogP contribution is 2.07. The van der Waals surface area contributed by atoms with Crippen molar-refractivity contribution in [1.29, 1.82) is 0 Å². The zero-order chi connectivity index (χ0) is 8.97. The minimum atomic E-state index is 0. The molecular weight excluding hydrogens is 234 g/mol. The molecule has 74 valence electrons. The van der Waals surface area contributed by atoms with Crippen LogP contribution >= 0.6 is 17.0 Å². The first-order valence-electron chi connectivity index (χ1n) is 3.89. The van der Waals surface area contributed by atoms with Crippen molar-refractivity contribution in [3.63, 3.8) is 0 Å². The van der Waals surface area contributed by atoms with Crippen LogP contribution in [-0.4, -0.2) is 16.6 Å². The first-order chi connectivity index (χ1) is 5.74. The number of nitrogens with two attached hydrogens (primary N) is 1. The van der Waals surface area contributed by atoms with Crippen molar-refractivity contribution in [3.8, 4) is 0 Å². The Morgan fingerprint density at radius 1 is 1.54 bits per heavy atom. The Balaban J connectivity index is 0.00000144. The van der Waals surface area contributed by atoms with Gasteiger partial charge >= 0.3 is 0 Å². The second-order valence-corrected chi connectivity index (χ2v) is 2.46. The van der Waals surface area contributed by atoms with Gasteiger partial charge in [-0.05, 0) is 13.8 Å². The first-order valence-corrected chi connectivity index (χ1v) is 3.89. The highest BCUT2D eigenvalue weighted by molar-refractivity contribution is 8.93. The molecule has 0 radical (unpaired) electrons. The van der Waals surface area contributed by atoms with Crippen molar-refractivity contribution in [2.24, 2.45) is 0 Å². The molecular formula is C8H14BrN3O. The summed E-state index contributed by atoms with van der Waals surface area (Å²) in [5, 5.41) is 0. The Hall–Kier alpha value is -0.680. The summed E-state index contributed by atoms with van der Waals surface area (Å²) in [6.45, 7) is 4.90. The largest absolute Gasteiger partial charge is 0.383 e. The lowest BCUT2D eigenvalue weighted by molar-refractivity contribution is 0.134. The Bertz CT molecular complexity index is 268. The smallest absolute Gasteiger partial charge is 0.132 e. The van der Waals surface area contributed by atoms with E-state index in [1.807, 2.05) is 6.92 Å². The lowest BCUT2D eigenvalue weighted by Gasteiger charge is -2.03. The number of halogens is 1. The fourth-order valence-corrected chi connectivity index (χ4v) is 0.836. The molecule has 0 spiro atoms. The van der Waals surface area contributed by atoms with Crippen molar-refractivity contribution in [1.82, 2.24) is 9.97 Å². The third kappa shape index (κ3) is 3.69. The van der Waals surface area contributed by atoms with E-state index in [2.05, 4.69) is 9.97 Å². The van der Waals surface area contributed by atoms with Crippen LogP contribution in [0.25, 0.3) is 0 Å². The number of nitrogen functional groups attached to an aromatic ring is 1. The van der Waals surface area contributed by atoms with Gasteiger partial charge in [0.2, 0.25) is 0 Å². The van der Waals surface area contributed by atoms with E-state index in [1.54, 1.807) is 13.1 Å². The van der Waals surface area contributed by atoms with Crippen molar-refractivity contribution in [2.75, 3.05) is 12.3 Å². The summed E-state index contributed by atoms with van der Waals surface area (Å²) in [5.41, 5.74) is 6.48. The van der Waals surface area contributed by atoms with Crippen LogP contribution in [0.15, 0.2) is 6.20 Å². The van der Waals surface area contributed by atoms with Crippen molar-refractivity contribution >= 4 is 22.8 Å². The minimum Gasteiger partial charge on any atom is -0.383 e. The number of hydrogen-bond acceptors (Lipinski definition) is 4. The number of aryl methyl sites for hydroxylation is 1. The van der Waals surface area contributed by atoms with E-state index in [0.29, 0.717) is 24.9 Å². The molecule has 0 fully saturated rings. The van der Waals surface area contributed by atoms with Crippen LogP contribution in [0.4, 0.5) is 5.82 Å². The van der Waals surface area contributed by atoms with Crippen molar-refractivity contribution < 1.29 is 4.74 Å². The van der Waals surface area contributed by atoms with E-state index in [0.717, 1.165) is 5.56 Å². The third-order valence-corrected chi connectivity index (χ3v) is 1.48. The molecule has 1 rings (SSSR count). The van der Waals surface area contributed by atoms with Gasteiger partial charge in [-0.1, -0.05) is 0 Å². The second-order valence-electron chi connectivity index (χ2n) is 2.46. The van der Waals surface area contributed by atoms with Crippen LogP contribution in [0.1, 0.15) is 18.3 Å². The predicted octanol–water partition coefficient (Wildman–Crippen LogP) is 1.48. The molecule has 0 aliphatic rings. The average Bonchev–Trinajstić information content (AvgIpc) is 2.03. The molecule has 0 saturated carbocycles. The maximum atomic E-state index is 5.63. The van der Waals surface area contributed by atoms with E-state index in [4.69, 9.17) is 10.5 Å². The van der Waals surface area contributed by atoms with Crippen LogP contribution < -0.4 is 5.73 Å². The Morgan fingerprint density at radius 2 is 2.23 bits per heavy atom. The molecule has 0 aliphatic carbocycles. The fraction of sp³-hybridized carbons (Fsp3) is 0.500. The molecule has 2 N–H and O–H groups in total. The minimum absolute atomic E-state index is 0. The lowest BCUT2D eigenvalue weighted by atomic mass is 10.3. The normalized spacial score (nSPS) is 9.38. The number of aromatic nitrogens is 2. The topological polar surface area (TPSA) is 61.0 Å². The molecule has 0 unspecified atom stereocenters. The maximum Gasteiger partial charge on any atom is 0.132 e. The summed E-state index contributed by atoms with van der Waals surface area (Å²) in [6, 6.07) is 0. The number of anilines is 1. The zero-order valence-electron chi connectivity index (χ0n) is 7.78. The van der Waals surface area contributed by atoms with E-state index in [9.17, 15) is 0 Å². The fourth-order valence-electron chi connectivity index (χ4n) is 0.836. The molecule has 1 heterocycles. The van der Waals surface area contributed by atoms with Gasteiger partial charge in [-0.2, -0.15) is 0 Å². The van der Waals surface area contributed by atoms with Crippen molar-refractivity contribution in [2.45, 2.75) is 20.5 Å². The average molecular weight is 248 g/mol. The van der Waals surface area contributed by atoms with E-state index in [-0.39, 0.29) is 17.0 Å². The monoisotopic (exact) mass is 247 g/mol. The Kier molecular flexibility index (Phi) is 5.57. The lowest BCUT2D eigenvalue weighted by Crippen LogP contribution is -2.03. The van der Waals surface area contributed by atoms with Crippen LogP contribution in [0, 0.1) is 6.92 Å². The van der Waals surface area contributed by atoms with Gasteiger partial charge < -0.3 is 10.5 Å². The van der Waals surface area contributed by atoms with Gasteiger partial charge in [-0.3, -0.25) is 0 Å². The summed E-state index contributed by atoms with van der Waals surface area (Å²) in [5.74, 6) is 1.20. The summed E-state index contributed by atoms with van der Waals surface area (Å²) in [4.78, 5) is 8.03. The molecule has 0 atom stereocenters. The predicted molar refractivity (Wildman–Crippen MR) is 56.8 cm³/mol. The summed E-state index contributed by atoms with van der Waals surface area (Å²) < 4.78 is 5.18. The molecule has 13 heavy (non-hydrogen) atoms. The van der Waals surface area contributed by atoms with Gasteiger partial charge in [0.25, 0.3) is 0 Å². The molecule has 1 aromatic heterocycles. The molecule has 0 bridgehead atoms. The SMILES string of the molecule is Br.CCOCc1cnc(C)nc1N. The first kappa shape index (κ1) is 12.3. The van der Waals surface area contributed by atoms with Gasteiger partial charge in [0.1, 0.15) is 11.6 Å². The molecule has 0 saturated heterocycles. The maximum absolute atomic E-state index is 5.63. The van der Waals surface area contributed by atoms with Gasteiger partial charge in [0, 0.05) is 18.4 Å². The highest BCUT2D eigenvalue weighted by atomic mass is 79.9. The van der Waals surface area contributed by atoms with Crippen LogP contribution in [0.5, 0.6) is 0 Å². The second kappa shape index (κ2) is 5.88. The third-order valence-electron chi connectivity index (χ3n) is 1.48. The molecule has 4 nitrogen and oxygen atoms in total. The van der Waals surface area contributed by atoms with Crippen molar-refractivity contribution in [3.05, 3.63) is 17.6 Å². The number of nitrogens with zero attached hydrogens (tertiary/aromatic N) is 2. The van der Waals surface area contributed by atoms with E-state index < -0.39 is 0 Å². The molecule has 0 amide bonds. The summed E-state index contributed by atoms with van der Waals surface area (Å²) in [7, 11) is 0. The molecule has 5 heteroatoms. The number of rotatable bonds is 3. The number of hydrogen-bond donors (Lipinski definition) is 1. The number of ether oxygens (including phenoxy) is 1. The highest BCUT2D eigenvalue weighted by Gasteiger charge is 2.00. The van der Waals surface area contributed by atoms with E-state index >= 15 is 0 Å². The molecule has 1 aromatic rings. The van der Waals surface area contributed by atoms with E-state index in [1.165, 1.54) is 0 Å². The zero-order valence-corrected chi connectivity index (χ0v) is 9.49. The summed E-state index contributed by atoms with van der Waals surface area (Å²) in [6.07, 6.45) is 1.70. The quantitative estimate of drug-likeness (QED) is 0.880. The molecule has 0 aromatic carbocycles. The van der Waals surface area contributed by atoms with Gasteiger partial charge in [-0.25, -0.2) is 9.97 Å². The van der Waals surface area contributed by atoms with Gasteiger partial charge in [0.05, 0.1) is 6.61 Å². The Labute approximate surface area is 88.3 Å². The van der Waals surface area contributed by atoms with Crippen LogP contribution in [0.3, 0.4) is 0 Å². The molecule has 0 aliphatic heterocycles. The van der Waals surface area contributed by atoms with Crippen LogP contribution in [-0.2, 0) is 11.3 Å². The van der Waals surface area contributed by atoms with Gasteiger partial charge in [-0.15, -0.1) is 17.0 Å². The standard InChI is InChI=1S/C8H13N3O.BrH/c1-3-12-5-7-4-10-6(2)11-8(7)9;/h4H,3,5H2,1-2H3,(H2,9,10,11);1H.